The molecule has 1 atom stereocenters. The Kier molecular flexibility index (Phi) is 5.73. The molecule has 116 valence electrons. The summed E-state index contributed by atoms with van der Waals surface area (Å²) in [6.07, 6.45) is 0. The maximum atomic E-state index is 11.8. The Hall–Kier alpha value is -0.970. The second-order valence-electron chi connectivity index (χ2n) is 5.05. The standard InChI is InChI=1S/C15H20Cl2N2O2/c1-3-21-15(20)11(2)18-6-8-19(9-7-18)14-10-12(16)4-5-13(14)17/h4-5,10-11H,3,6-9H2,1-2H3. The zero-order valence-electron chi connectivity index (χ0n) is 12.3. The molecule has 1 saturated heterocycles. The summed E-state index contributed by atoms with van der Waals surface area (Å²) in [4.78, 5) is 16.1. The van der Waals surface area contributed by atoms with Gasteiger partial charge in [-0.1, -0.05) is 23.2 Å². The molecule has 4 nitrogen and oxygen atoms in total. The largest absolute Gasteiger partial charge is 0.465 e. The van der Waals surface area contributed by atoms with Gasteiger partial charge < -0.3 is 9.64 Å². The fraction of sp³-hybridized carbons (Fsp3) is 0.533. The highest BCUT2D eigenvalue weighted by molar-refractivity contribution is 6.35. The average Bonchev–Trinajstić information content (AvgIpc) is 2.49. The number of carbonyl (C=O) groups is 1. The van der Waals surface area contributed by atoms with Crippen LogP contribution in [-0.2, 0) is 9.53 Å². The first kappa shape index (κ1) is 16.4. The highest BCUT2D eigenvalue weighted by Crippen LogP contribution is 2.29. The maximum Gasteiger partial charge on any atom is 0.323 e. The van der Waals surface area contributed by atoms with Crippen LogP contribution in [0.15, 0.2) is 18.2 Å². The molecule has 0 N–H and O–H groups in total. The zero-order valence-corrected chi connectivity index (χ0v) is 13.8. The van der Waals surface area contributed by atoms with E-state index in [1.54, 1.807) is 6.07 Å². The van der Waals surface area contributed by atoms with Crippen molar-refractivity contribution in [2.24, 2.45) is 0 Å². The minimum atomic E-state index is -0.207. The lowest BCUT2D eigenvalue weighted by Gasteiger charge is -2.38. The summed E-state index contributed by atoms with van der Waals surface area (Å²) >= 11 is 12.3. The number of nitrogens with zero attached hydrogens (tertiary/aromatic N) is 2. The molecule has 1 aromatic rings. The first-order valence-electron chi connectivity index (χ1n) is 7.13. The Labute approximate surface area is 135 Å². The van der Waals surface area contributed by atoms with Gasteiger partial charge in [0.1, 0.15) is 6.04 Å². The minimum absolute atomic E-state index is 0.160. The smallest absolute Gasteiger partial charge is 0.323 e. The number of esters is 1. The van der Waals surface area contributed by atoms with Crippen LogP contribution in [0.5, 0.6) is 0 Å². The Balaban J connectivity index is 1.97. The van der Waals surface area contributed by atoms with Gasteiger partial charge in [-0.25, -0.2) is 0 Å². The van der Waals surface area contributed by atoms with Gasteiger partial charge in [0.2, 0.25) is 0 Å². The second-order valence-corrected chi connectivity index (χ2v) is 5.89. The van der Waals surface area contributed by atoms with Crippen molar-refractivity contribution in [1.82, 2.24) is 4.90 Å². The number of piperazine rings is 1. The predicted octanol–water partition coefficient (Wildman–Crippen LogP) is 3.07. The molecule has 0 spiro atoms. The van der Waals surface area contributed by atoms with Crippen molar-refractivity contribution >= 4 is 34.9 Å². The summed E-state index contributed by atoms with van der Waals surface area (Å²) in [7, 11) is 0. The van der Waals surface area contributed by atoms with Gasteiger partial charge in [-0.05, 0) is 32.0 Å². The van der Waals surface area contributed by atoms with E-state index in [4.69, 9.17) is 27.9 Å². The Morgan fingerprint density at radius 3 is 2.57 bits per heavy atom. The van der Waals surface area contributed by atoms with E-state index >= 15 is 0 Å². The van der Waals surface area contributed by atoms with Gasteiger partial charge in [-0.3, -0.25) is 9.69 Å². The fourth-order valence-corrected chi connectivity index (χ4v) is 2.89. The van der Waals surface area contributed by atoms with Crippen molar-refractivity contribution in [3.8, 4) is 0 Å². The third kappa shape index (κ3) is 4.02. The highest BCUT2D eigenvalue weighted by Gasteiger charge is 2.27. The van der Waals surface area contributed by atoms with Gasteiger partial charge >= 0.3 is 5.97 Å². The molecule has 1 unspecified atom stereocenters. The van der Waals surface area contributed by atoms with E-state index in [1.165, 1.54) is 0 Å². The fourth-order valence-electron chi connectivity index (χ4n) is 2.49. The molecule has 1 aliphatic heterocycles. The SMILES string of the molecule is CCOC(=O)C(C)N1CCN(c2cc(Cl)ccc2Cl)CC1. The first-order valence-corrected chi connectivity index (χ1v) is 7.89. The van der Waals surface area contributed by atoms with E-state index in [-0.39, 0.29) is 12.0 Å². The van der Waals surface area contributed by atoms with Crippen LogP contribution in [0.25, 0.3) is 0 Å². The Bertz CT molecular complexity index is 502. The molecule has 0 bridgehead atoms. The van der Waals surface area contributed by atoms with Crippen LogP contribution in [-0.4, -0.2) is 49.7 Å². The van der Waals surface area contributed by atoms with Crippen LogP contribution >= 0.6 is 23.2 Å². The molecular formula is C15H20Cl2N2O2. The van der Waals surface area contributed by atoms with Gasteiger partial charge in [0.25, 0.3) is 0 Å². The predicted molar refractivity (Wildman–Crippen MR) is 86.3 cm³/mol. The highest BCUT2D eigenvalue weighted by atomic mass is 35.5. The number of halogens is 2. The molecule has 0 aliphatic carbocycles. The van der Waals surface area contributed by atoms with Gasteiger partial charge in [-0.15, -0.1) is 0 Å². The topological polar surface area (TPSA) is 32.8 Å². The lowest BCUT2D eigenvalue weighted by Crippen LogP contribution is -2.52. The summed E-state index contributed by atoms with van der Waals surface area (Å²) in [6.45, 7) is 7.34. The van der Waals surface area contributed by atoms with Crippen LogP contribution in [0.1, 0.15) is 13.8 Å². The number of ether oxygens (including phenoxy) is 1. The summed E-state index contributed by atoms with van der Waals surface area (Å²) in [5.74, 6) is -0.160. The number of anilines is 1. The van der Waals surface area contributed by atoms with E-state index in [2.05, 4.69) is 9.80 Å². The molecular weight excluding hydrogens is 311 g/mol. The number of rotatable bonds is 4. The first-order chi connectivity index (χ1) is 10.0. The van der Waals surface area contributed by atoms with Gasteiger partial charge in [0.05, 0.1) is 17.3 Å². The summed E-state index contributed by atoms with van der Waals surface area (Å²) < 4.78 is 5.07. The molecule has 1 aliphatic rings. The summed E-state index contributed by atoms with van der Waals surface area (Å²) in [5, 5.41) is 1.38. The Morgan fingerprint density at radius 2 is 1.95 bits per heavy atom. The molecule has 1 fully saturated rings. The van der Waals surface area contributed by atoms with Crippen molar-refractivity contribution in [1.29, 1.82) is 0 Å². The number of hydrogen-bond donors (Lipinski definition) is 0. The monoisotopic (exact) mass is 330 g/mol. The molecule has 0 aromatic heterocycles. The van der Waals surface area contributed by atoms with E-state index < -0.39 is 0 Å². The van der Waals surface area contributed by atoms with Crippen LogP contribution in [0.3, 0.4) is 0 Å². The summed E-state index contributed by atoms with van der Waals surface area (Å²) in [5.41, 5.74) is 0.951. The van der Waals surface area contributed by atoms with E-state index in [0.717, 1.165) is 31.9 Å². The van der Waals surface area contributed by atoms with Crippen molar-refractivity contribution in [2.45, 2.75) is 19.9 Å². The summed E-state index contributed by atoms with van der Waals surface area (Å²) in [6, 6.07) is 5.27. The van der Waals surface area contributed by atoms with E-state index in [9.17, 15) is 4.79 Å². The van der Waals surface area contributed by atoms with Crippen LogP contribution < -0.4 is 4.90 Å². The van der Waals surface area contributed by atoms with Crippen molar-refractivity contribution < 1.29 is 9.53 Å². The van der Waals surface area contributed by atoms with E-state index in [0.29, 0.717) is 16.7 Å². The average molecular weight is 331 g/mol. The Morgan fingerprint density at radius 1 is 1.29 bits per heavy atom. The lowest BCUT2D eigenvalue weighted by atomic mass is 10.2. The van der Waals surface area contributed by atoms with Crippen LogP contribution in [0, 0.1) is 0 Å². The van der Waals surface area contributed by atoms with Gasteiger partial charge in [0, 0.05) is 31.2 Å². The minimum Gasteiger partial charge on any atom is -0.465 e. The molecule has 0 amide bonds. The number of hydrogen-bond acceptors (Lipinski definition) is 4. The van der Waals surface area contributed by atoms with Crippen molar-refractivity contribution in [2.75, 3.05) is 37.7 Å². The second kappa shape index (κ2) is 7.34. The molecule has 0 saturated carbocycles. The van der Waals surface area contributed by atoms with Crippen molar-refractivity contribution in [3.63, 3.8) is 0 Å². The maximum absolute atomic E-state index is 11.8. The van der Waals surface area contributed by atoms with Gasteiger partial charge in [0.15, 0.2) is 0 Å². The molecule has 1 heterocycles. The molecule has 2 rings (SSSR count). The lowest BCUT2D eigenvalue weighted by molar-refractivity contribution is -0.149. The van der Waals surface area contributed by atoms with Crippen LogP contribution in [0.2, 0.25) is 10.0 Å². The number of benzene rings is 1. The molecule has 0 radical (unpaired) electrons. The quantitative estimate of drug-likeness (QED) is 0.794. The zero-order chi connectivity index (χ0) is 15.4. The third-order valence-electron chi connectivity index (χ3n) is 3.74. The molecule has 1 aromatic carbocycles. The third-order valence-corrected chi connectivity index (χ3v) is 4.29. The van der Waals surface area contributed by atoms with Crippen LogP contribution in [0.4, 0.5) is 5.69 Å². The van der Waals surface area contributed by atoms with Gasteiger partial charge in [-0.2, -0.15) is 0 Å². The normalized spacial score (nSPS) is 17.6. The molecule has 21 heavy (non-hydrogen) atoms. The molecule has 6 heteroatoms. The van der Waals surface area contributed by atoms with Crippen molar-refractivity contribution in [3.05, 3.63) is 28.2 Å². The number of carbonyl (C=O) groups excluding carboxylic acids is 1. The van der Waals surface area contributed by atoms with E-state index in [1.807, 2.05) is 26.0 Å².